The zero-order valence-electron chi connectivity index (χ0n) is 12.2. The molecule has 0 aliphatic rings. The lowest BCUT2D eigenvalue weighted by atomic mass is 9.88. The summed E-state index contributed by atoms with van der Waals surface area (Å²) in [6, 6.07) is 5.98. The molecule has 0 spiro atoms. The minimum Gasteiger partial charge on any atom is -0.335 e. The molecule has 100 valence electrons. The predicted octanol–water partition coefficient (Wildman–Crippen LogP) is 3.86. The van der Waals surface area contributed by atoms with Crippen LogP contribution in [0.5, 0.6) is 0 Å². The third kappa shape index (κ3) is 4.40. The van der Waals surface area contributed by atoms with E-state index >= 15 is 0 Å². The number of amides is 2. The topological polar surface area (TPSA) is 41.1 Å². The van der Waals surface area contributed by atoms with Gasteiger partial charge in [-0.2, -0.15) is 0 Å². The molecule has 18 heavy (non-hydrogen) atoms. The van der Waals surface area contributed by atoms with Crippen LogP contribution in [0, 0.1) is 19.3 Å². The van der Waals surface area contributed by atoms with Gasteiger partial charge in [0.2, 0.25) is 0 Å². The first-order valence-electron chi connectivity index (χ1n) is 6.34. The molecule has 0 aromatic heterocycles. The molecule has 0 bridgehead atoms. The van der Waals surface area contributed by atoms with E-state index in [9.17, 15) is 4.79 Å². The van der Waals surface area contributed by atoms with Gasteiger partial charge in [0.1, 0.15) is 0 Å². The zero-order valence-corrected chi connectivity index (χ0v) is 12.2. The highest BCUT2D eigenvalue weighted by Crippen LogP contribution is 2.19. The van der Waals surface area contributed by atoms with Gasteiger partial charge < -0.3 is 10.6 Å². The molecule has 1 aromatic rings. The van der Waals surface area contributed by atoms with E-state index in [1.165, 1.54) is 0 Å². The van der Waals surface area contributed by atoms with Crippen molar-refractivity contribution >= 4 is 11.7 Å². The summed E-state index contributed by atoms with van der Waals surface area (Å²) in [5, 5.41) is 5.83. The van der Waals surface area contributed by atoms with E-state index in [1.807, 2.05) is 32.9 Å². The normalized spacial score (nSPS) is 13.0. The van der Waals surface area contributed by atoms with Crippen molar-refractivity contribution in [1.82, 2.24) is 5.32 Å². The van der Waals surface area contributed by atoms with Gasteiger partial charge in [-0.3, -0.25) is 0 Å². The Kier molecular flexibility index (Phi) is 4.38. The lowest BCUT2D eigenvalue weighted by Gasteiger charge is -2.28. The van der Waals surface area contributed by atoms with Gasteiger partial charge in [0.05, 0.1) is 0 Å². The first-order chi connectivity index (χ1) is 8.18. The largest absolute Gasteiger partial charge is 0.335 e. The first-order valence-corrected chi connectivity index (χ1v) is 6.34. The highest BCUT2D eigenvalue weighted by Gasteiger charge is 2.21. The van der Waals surface area contributed by atoms with Crippen molar-refractivity contribution in [1.29, 1.82) is 0 Å². The van der Waals surface area contributed by atoms with Crippen LogP contribution in [0.1, 0.15) is 38.8 Å². The maximum atomic E-state index is 11.9. The maximum absolute atomic E-state index is 11.9. The molecule has 0 saturated carbocycles. The van der Waals surface area contributed by atoms with Gasteiger partial charge in [-0.15, -0.1) is 0 Å². The number of nitrogens with one attached hydrogen (secondary N) is 2. The summed E-state index contributed by atoms with van der Waals surface area (Å²) in [4.78, 5) is 11.9. The number of hydrogen-bond donors (Lipinski definition) is 2. The molecule has 3 heteroatoms. The molecule has 0 heterocycles. The molecular formula is C15H24N2O. The summed E-state index contributed by atoms with van der Waals surface area (Å²) < 4.78 is 0. The van der Waals surface area contributed by atoms with E-state index in [2.05, 4.69) is 37.5 Å². The molecular weight excluding hydrogens is 224 g/mol. The number of carbonyl (C=O) groups is 1. The fourth-order valence-electron chi connectivity index (χ4n) is 1.63. The van der Waals surface area contributed by atoms with E-state index in [-0.39, 0.29) is 17.5 Å². The zero-order chi connectivity index (χ0) is 13.9. The van der Waals surface area contributed by atoms with Crippen molar-refractivity contribution in [3.8, 4) is 0 Å². The van der Waals surface area contributed by atoms with Crippen LogP contribution >= 0.6 is 0 Å². The minimum absolute atomic E-state index is 0.0554. The Morgan fingerprint density at radius 1 is 1.11 bits per heavy atom. The molecule has 0 aliphatic carbocycles. The van der Waals surface area contributed by atoms with Crippen LogP contribution in [0.25, 0.3) is 0 Å². The Bertz CT molecular complexity index is 412. The molecule has 0 saturated heterocycles. The van der Waals surface area contributed by atoms with E-state index in [0.29, 0.717) is 0 Å². The predicted molar refractivity (Wildman–Crippen MR) is 77.0 cm³/mol. The highest BCUT2D eigenvalue weighted by atomic mass is 16.2. The Labute approximate surface area is 110 Å². The van der Waals surface area contributed by atoms with Gasteiger partial charge in [-0.25, -0.2) is 4.79 Å². The summed E-state index contributed by atoms with van der Waals surface area (Å²) in [6.07, 6.45) is 0. The third-order valence-corrected chi connectivity index (χ3v) is 3.13. The molecule has 0 aliphatic heterocycles. The quantitative estimate of drug-likeness (QED) is 0.819. The molecule has 3 nitrogen and oxygen atoms in total. The van der Waals surface area contributed by atoms with Crippen molar-refractivity contribution in [2.75, 3.05) is 5.32 Å². The summed E-state index contributed by atoms with van der Waals surface area (Å²) in [5.41, 5.74) is 3.19. The second-order valence-electron chi connectivity index (χ2n) is 6.06. The molecule has 0 fully saturated rings. The van der Waals surface area contributed by atoms with Crippen molar-refractivity contribution in [2.24, 2.45) is 5.41 Å². The number of aryl methyl sites for hydroxylation is 2. The van der Waals surface area contributed by atoms with Crippen molar-refractivity contribution in [2.45, 2.75) is 47.6 Å². The van der Waals surface area contributed by atoms with Crippen LogP contribution in [-0.4, -0.2) is 12.1 Å². The average Bonchev–Trinajstić information content (AvgIpc) is 2.13. The fraction of sp³-hybridized carbons (Fsp3) is 0.533. The number of urea groups is 1. The molecule has 2 N–H and O–H groups in total. The van der Waals surface area contributed by atoms with Crippen molar-refractivity contribution in [3.63, 3.8) is 0 Å². The number of hydrogen-bond acceptors (Lipinski definition) is 1. The van der Waals surface area contributed by atoms with E-state index in [0.717, 1.165) is 16.8 Å². The molecule has 0 radical (unpaired) electrons. The third-order valence-electron chi connectivity index (χ3n) is 3.13. The van der Waals surface area contributed by atoms with Crippen LogP contribution < -0.4 is 10.6 Å². The van der Waals surface area contributed by atoms with Crippen molar-refractivity contribution < 1.29 is 4.79 Å². The summed E-state index contributed by atoms with van der Waals surface area (Å²) in [6.45, 7) is 12.4. The van der Waals surface area contributed by atoms with Gasteiger partial charge in [0, 0.05) is 11.7 Å². The minimum atomic E-state index is -0.151. The van der Waals surface area contributed by atoms with Crippen LogP contribution in [-0.2, 0) is 0 Å². The van der Waals surface area contributed by atoms with Gasteiger partial charge in [-0.1, -0.05) is 26.8 Å². The molecule has 2 amide bonds. The Morgan fingerprint density at radius 3 is 2.06 bits per heavy atom. The van der Waals surface area contributed by atoms with Gasteiger partial charge in [-0.05, 0) is 49.4 Å². The first kappa shape index (κ1) is 14.6. The summed E-state index contributed by atoms with van der Waals surface area (Å²) >= 11 is 0. The lowest BCUT2D eigenvalue weighted by molar-refractivity contribution is 0.233. The Balaban J connectivity index is 2.65. The number of anilines is 1. The van der Waals surface area contributed by atoms with Crippen LogP contribution in [0.4, 0.5) is 10.5 Å². The summed E-state index contributed by atoms with van der Waals surface area (Å²) in [5.74, 6) is 0. The standard InChI is InChI=1S/C15H24N2O/c1-10-7-11(2)9-13(8-10)17-14(18)16-12(3)15(4,5)6/h7-9,12H,1-6H3,(H2,16,17,18)/t12-/m1/s1. The molecule has 1 aromatic carbocycles. The van der Waals surface area contributed by atoms with Gasteiger partial charge >= 0.3 is 6.03 Å². The second-order valence-corrected chi connectivity index (χ2v) is 6.06. The van der Waals surface area contributed by atoms with Gasteiger partial charge in [0.25, 0.3) is 0 Å². The molecule has 0 unspecified atom stereocenters. The number of carbonyl (C=O) groups excluding carboxylic acids is 1. The maximum Gasteiger partial charge on any atom is 0.319 e. The smallest absolute Gasteiger partial charge is 0.319 e. The number of rotatable bonds is 2. The van der Waals surface area contributed by atoms with E-state index in [4.69, 9.17) is 0 Å². The van der Waals surface area contributed by atoms with Crippen LogP contribution in [0.2, 0.25) is 0 Å². The van der Waals surface area contributed by atoms with Crippen LogP contribution in [0.15, 0.2) is 18.2 Å². The SMILES string of the molecule is Cc1cc(C)cc(NC(=O)N[C@H](C)C(C)(C)C)c1. The Hall–Kier alpha value is -1.51. The monoisotopic (exact) mass is 248 g/mol. The fourth-order valence-corrected chi connectivity index (χ4v) is 1.63. The highest BCUT2D eigenvalue weighted by molar-refractivity contribution is 5.89. The average molecular weight is 248 g/mol. The Morgan fingerprint density at radius 2 is 1.61 bits per heavy atom. The lowest BCUT2D eigenvalue weighted by Crippen LogP contribution is -2.43. The molecule has 1 rings (SSSR count). The molecule has 1 atom stereocenters. The van der Waals surface area contributed by atoms with Crippen LogP contribution in [0.3, 0.4) is 0 Å². The summed E-state index contributed by atoms with van der Waals surface area (Å²) in [7, 11) is 0. The van der Waals surface area contributed by atoms with E-state index in [1.54, 1.807) is 0 Å². The van der Waals surface area contributed by atoms with Gasteiger partial charge in [0.15, 0.2) is 0 Å². The van der Waals surface area contributed by atoms with E-state index < -0.39 is 0 Å². The number of benzene rings is 1. The van der Waals surface area contributed by atoms with Crippen molar-refractivity contribution in [3.05, 3.63) is 29.3 Å². The second kappa shape index (κ2) is 5.42.